The molecule has 9 nitrogen and oxygen atoms in total. The first-order chi connectivity index (χ1) is 16.0. The van der Waals surface area contributed by atoms with Gasteiger partial charge in [0.25, 0.3) is 0 Å². The quantitative estimate of drug-likeness (QED) is 0.631. The van der Waals surface area contributed by atoms with E-state index in [9.17, 15) is 18.0 Å². The van der Waals surface area contributed by atoms with Crippen molar-refractivity contribution in [3.8, 4) is 0 Å². The molecule has 0 saturated carbocycles. The third-order valence-electron chi connectivity index (χ3n) is 6.25. The predicted octanol–water partition coefficient (Wildman–Crippen LogP) is 1.69. The van der Waals surface area contributed by atoms with Crippen molar-refractivity contribution in [2.24, 2.45) is 0 Å². The number of carbonyl (C=O) groups is 2. The second kappa shape index (κ2) is 9.67. The fourth-order valence-corrected chi connectivity index (χ4v) is 6.39. The molecule has 34 heavy (non-hydrogen) atoms. The summed E-state index contributed by atoms with van der Waals surface area (Å²) in [6.45, 7) is 9.34. The summed E-state index contributed by atoms with van der Waals surface area (Å²) in [6, 6.07) is 7.07. The number of hydrogen-bond acceptors (Lipinski definition) is 6. The number of aromatic nitrogens is 1. The Kier molecular flexibility index (Phi) is 7.02. The van der Waals surface area contributed by atoms with Crippen molar-refractivity contribution in [3.05, 3.63) is 30.5 Å². The molecule has 4 atom stereocenters. The Labute approximate surface area is 200 Å². The minimum atomic E-state index is -3.93. The summed E-state index contributed by atoms with van der Waals surface area (Å²) in [4.78, 5) is 29.3. The number of nitrogens with zero attached hydrogens (tertiary/aromatic N) is 3. The SMILES string of the molecule is C[C@@H]1CN(C(=O)Cn2cc(S(=O)(=O)CC(=O)N3C[C@H](C)O[C@@H](C)C3)c3ccccc32)C[C@H](C)O1. The van der Waals surface area contributed by atoms with E-state index in [-0.39, 0.29) is 41.8 Å². The molecule has 4 rings (SSSR count). The van der Waals surface area contributed by atoms with Crippen LogP contribution in [0.1, 0.15) is 27.7 Å². The molecule has 0 bridgehead atoms. The van der Waals surface area contributed by atoms with Crippen molar-refractivity contribution in [2.75, 3.05) is 31.9 Å². The molecule has 0 aliphatic carbocycles. The van der Waals surface area contributed by atoms with Gasteiger partial charge >= 0.3 is 0 Å². The molecule has 0 spiro atoms. The van der Waals surface area contributed by atoms with Crippen LogP contribution in [0.25, 0.3) is 10.9 Å². The standard InChI is InChI=1S/C24H33N3O6S/c1-16-9-26(10-17(2)32-16)23(28)14-25-13-22(20-7-5-6-8-21(20)25)34(30,31)15-24(29)27-11-18(3)33-19(4)12-27/h5-8,13,16-19H,9-12,14-15H2,1-4H3/t16-,17+,18-,19-/m0/s1. The van der Waals surface area contributed by atoms with E-state index in [2.05, 4.69) is 0 Å². The van der Waals surface area contributed by atoms with Gasteiger partial charge in [-0.05, 0) is 33.8 Å². The van der Waals surface area contributed by atoms with Gasteiger partial charge in [0.1, 0.15) is 12.3 Å². The maximum absolute atomic E-state index is 13.3. The maximum Gasteiger partial charge on any atom is 0.242 e. The van der Waals surface area contributed by atoms with E-state index in [4.69, 9.17) is 9.47 Å². The zero-order chi connectivity index (χ0) is 24.6. The monoisotopic (exact) mass is 491 g/mol. The Morgan fingerprint density at radius 3 is 1.91 bits per heavy atom. The second-order valence-corrected chi connectivity index (χ2v) is 11.5. The van der Waals surface area contributed by atoms with Crippen molar-refractivity contribution in [3.63, 3.8) is 0 Å². The first-order valence-electron chi connectivity index (χ1n) is 11.7. The first-order valence-corrected chi connectivity index (χ1v) is 13.4. The third-order valence-corrected chi connectivity index (χ3v) is 7.87. The normalized spacial score (nSPS) is 26.1. The predicted molar refractivity (Wildman–Crippen MR) is 127 cm³/mol. The minimum Gasteiger partial charge on any atom is -0.372 e. The van der Waals surface area contributed by atoms with E-state index in [1.165, 1.54) is 6.20 Å². The van der Waals surface area contributed by atoms with E-state index in [1.807, 2.05) is 27.7 Å². The zero-order valence-electron chi connectivity index (χ0n) is 20.1. The Hall–Kier alpha value is -2.43. The van der Waals surface area contributed by atoms with Gasteiger partial charge in [-0.2, -0.15) is 0 Å². The topological polar surface area (TPSA) is 98.2 Å². The van der Waals surface area contributed by atoms with Crippen LogP contribution in [0.15, 0.2) is 35.4 Å². The van der Waals surface area contributed by atoms with Crippen molar-refractivity contribution in [1.82, 2.24) is 14.4 Å². The number of morpholine rings is 2. The van der Waals surface area contributed by atoms with Crippen molar-refractivity contribution < 1.29 is 27.5 Å². The van der Waals surface area contributed by atoms with Crippen LogP contribution in [0, 0.1) is 0 Å². The highest BCUT2D eigenvalue weighted by Crippen LogP contribution is 2.27. The Bertz CT molecular complexity index is 1160. The van der Waals surface area contributed by atoms with Crippen LogP contribution in [0.5, 0.6) is 0 Å². The summed E-state index contributed by atoms with van der Waals surface area (Å²) in [5, 5.41) is 0.510. The average Bonchev–Trinajstić information content (AvgIpc) is 3.11. The highest BCUT2D eigenvalue weighted by Gasteiger charge is 2.32. The summed E-state index contributed by atoms with van der Waals surface area (Å²) < 4.78 is 39.7. The molecule has 3 heterocycles. The molecular weight excluding hydrogens is 458 g/mol. The van der Waals surface area contributed by atoms with Crippen molar-refractivity contribution >= 4 is 32.6 Å². The van der Waals surface area contributed by atoms with Gasteiger partial charge in [0.15, 0.2) is 9.84 Å². The molecule has 2 aromatic rings. The van der Waals surface area contributed by atoms with Crippen LogP contribution in [0.2, 0.25) is 0 Å². The van der Waals surface area contributed by atoms with Crippen LogP contribution < -0.4 is 0 Å². The van der Waals surface area contributed by atoms with Gasteiger partial charge in [0.2, 0.25) is 11.8 Å². The smallest absolute Gasteiger partial charge is 0.242 e. The Balaban J connectivity index is 1.57. The highest BCUT2D eigenvalue weighted by molar-refractivity contribution is 7.92. The highest BCUT2D eigenvalue weighted by atomic mass is 32.2. The molecule has 2 aliphatic rings. The summed E-state index contributed by atoms with van der Waals surface area (Å²) >= 11 is 0. The van der Waals surface area contributed by atoms with Gasteiger partial charge in [0, 0.05) is 43.3 Å². The van der Waals surface area contributed by atoms with Crippen LogP contribution in [-0.2, 0) is 35.4 Å². The van der Waals surface area contributed by atoms with Gasteiger partial charge in [0.05, 0.1) is 29.3 Å². The molecule has 2 aliphatic heterocycles. The van der Waals surface area contributed by atoms with Crippen LogP contribution in [-0.4, -0.2) is 90.9 Å². The summed E-state index contributed by atoms with van der Waals surface area (Å²) in [5.74, 6) is -1.15. The second-order valence-electron chi connectivity index (χ2n) is 9.51. The molecule has 2 saturated heterocycles. The van der Waals surface area contributed by atoms with Crippen LogP contribution >= 0.6 is 0 Å². The molecule has 0 radical (unpaired) electrons. The summed E-state index contributed by atoms with van der Waals surface area (Å²) in [6.07, 6.45) is 1.09. The molecule has 1 aromatic carbocycles. The molecule has 2 fully saturated rings. The number of fused-ring (bicyclic) bond motifs is 1. The first kappa shape index (κ1) is 24.7. The van der Waals surface area contributed by atoms with Gasteiger partial charge in [-0.25, -0.2) is 8.42 Å². The van der Waals surface area contributed by atoms with Gasteiger partial charge in [-0.15, -0.1) is 0 Å². The van der Waals surface area contributed by atoms with Crippen LogP contribution in [0.4, 0.5) is 0 Å². The van der Waals surface area contributed by atoms with E-state index in [1.54, 1.807) is 38.6 Å². The number of ether oxygens (including phenoxy) is 2. The Morgan fingerprint density at radius 2 is 1.35 bits per heavy atom. The van der Waals surface area contributed by atoms with Gasteiger partial charge < -0.3 is 23.8 Å². The maximum atomic E-state index is 13.3. The molecule has 1 aromatic heterocycles. The van der Waals surface area contributed by atoms with Gasteiger partial charge in [-0.1, -0.05) is 18.2 Å². The number of carbonyl (C=O) groups excluding carboxylic acids is 2. The molecule has 0 N–H and O–H groups in total. The lowest BCUT2D eigenvalue weighted by molar-refractivity contribution is -0.143. The van der Waals surface area contributed by atoms with Crippen molar-refractivity contribution in [1.29, 1.82) is 0 Å². The summed E-state index contributed by atoms with van der Waals surface area (Å²) in [5.41, 5.74) is 0.643. The van der Waals surface area contributed by atoms with E-state index >= 15 is 0 Å². The van der Waals surface area contributed by atoms with Crippen LogP contribution in [0.3, 0.4) is 0 Å². The lowest BCUT2D eigenvalue weighted by Gasteiger charge is -2.35. The van der Waals surface area contributed by atoms with E-state index < -0.39 is 21.5 Å². The van der Waals surface area contributed by atoms with Gasteiger partial charge in [-0.3, -0.25) is 9.59 Å². The zero-order valence-corrected chi connectivity index (χ0v) is 21.0. The minimum absolute atomic E-state index is 0.0158. The third kappa shape index (κ3) is 5.29. The fourth-order valence-electron chi connectivity index (χ4n) is 4.93. The molecule has 10 heteroatoms. The van der Waals surface area contributed by atoms with E-state index in [0.717, 1.165) is 0 Å². The summed E-state index contributed by atoms with van der Waals surface area (Å²) in [7, 11) is -3.93. The molecule has 186 valence electrons. The lowest BCUT2D eigenvalue weighted by Crippen LogP contribution is -2.49. The number of amides is 2. The number of rotatable bonds is 5. The number of sulfone groups is 1. The fraction of sp³-hybridized carbons (Fsp3) is 0.583. The Morgan fingerprint density at radius 1 is 0.853 bits per heavy atom. The van der Waals surface area contributed by atoms with E-state index in [0.29, 0.717) is 37.1 Å². The number of benzene rings is 1. The molecule has 2 amide bonds. The molecular formula is C24H33N3O6S. The number of hydrogen-bond donors (Lipinski definition) is 0. The number of para-hydroxylation sites is 1. The largest absolute Gasteiger partial charge is 0.372 e. The lowest BCUT2D eigenvalue weighted by atomic mass is 10.2. The molecule has 0 unspecified atom stereocenters. The average molecular weight is 492 g/mol. The van der Waals surface area contributed by atoms with Crippen molar-refractivity contribution in [2.45, 2.75) is 63.6 Å².